The van der Waals surface area contributed by atoms with E-state index < -0.39 is 0 Å². The van der Waals surface area contributed by atoms with Crippen LogP contribution in [0, 0.1) is 0 Å². The molecule has 2 heterocycles. The van der Waals surface area contributed by atoms with E-state index in [9.17, 15) is 0 Å². The van der Waals surface area contributed by atoms with E-state index in [0.29, 0.717) is 10.3 Å². The minimum absolute atomic E-state index is 0.453. The van der Waals surface area contributed by atoms with Crippen molar-refractivity contribution in [2.24, 2.45) is 10.2 Å². The Balaban J connectivity index is 1.75. The highest BCUT2D eigenvalue weighted by molar-refractivity contribution is 9.09. The number of fused-ring (bicyclic) bond motifs is 1. The van der Waals surface area contributed by atoms with Crippen molar-refractivity contribution in [1.82, 2.24) is 9.97 Å². The molecule has 8 heteroatoms. The van der Waals surface area contributed by atoms with Gasteiger partial charge in [-0.3, -0.25) is 0 Å². The van der Waals surface area contributed by atoms with Gasteiger partial charge in [-0.2, -0.15) is 0 Å². The minimum atomic E-state index is 0.453. The second-order valence-corrected chi connectivity index (χ2v) is 7.08. The van der Waals surface area contributed by atoms with Crippen molar-refractivity contribution in [1.29, 1.82) is 0 Å². The lowest BCUT2D eigenvalue weighted by molar-refractivity contribution is 0.875. The quantitative estimate of drug-likeness (QED) is 0.278. The maximum atomic E-state index is 5.88. The monoisotopic (exact) mass is 423 g/mol. The van der Waals surface area contributed by atoms with Crippen LogP contribution in [0.3, 0.4) is 0 Å². The molecule has 0 aliphatic rings. The van der Waals surface area contributed by atoms with Crippen molar-refractivity contribution in [3.63, 3.8) is 0 Å². The summed E-state index contributed by atoms with van der Waals surface area (Å²) in [6.45, 7) is 4.08. The van der Waals surface area contributed by atoms with Crippen LogP contribution >= 0.6 is 38.9 Å². The molecule has 24 heavy (non-hydrogen) atoms. The van der Waals surface area contributed by atoms with Gasteiger partial charge in [0.05, 0.1) is 5.69 Å². The molecule has 2 aromatic heterocycles. The molecule has 0 amide bonds. The number of halogens is 2. The third-order valence-electron chi connectivity index (χ3n) is 3.41. The number of benzene rings is 1. The molecule has 0 saturated carbocycles. The summed E-state index contributed by atoms with van der Waals surface area (Å²) in [5.41, 5.74) is 2.75. The number of anilines is 1. The highest BCUT2D eigenvalue weighted by atomic mass is 79.9. The predicted molar refractivity (Wildman–Crippen MR) is 105 cm³/mol. The van der Waals surface area contributed by atoms with E-state index >= 15 is 0 Å². The molecule has 0 spiro atoms. The highest BCUT2D eigenvalue weighted by Crippen LogP contribution is 2.29. The van der Waals surface area contributed by atoms with Crippen LogP contribution in [0.4, 0.5) is 16.5 Å². The Bertz CT molecular complexity index is 849. The Morgan fingerprint density at radius 2 is 1.92 bits per heavy atom. The number of aromatic nitrogens is 2. The Morgan fingerprint density at radius 3 is 2.62 bits per heavy atom. The summed E-state index contributed by atoms with van der Waals surface area (Å²) in [5, 5.41) is 10.4. The van der Waals surface area contributed by atoms with Crippen molar-refractivity contribution in [2.75, 3.05) is 23.3 Å². The summed E-state index contributed by atoms with van der Waals surface area (Å²) in [6.07, 6.45) is 0. The topological polar surface area (TPSA) is 53.7 Å². The molecule has 0 N–H and O–H groups in total. The molecule has 0 bridgehead atoms. The van der Waals surface area contributed by atoms with Gasteiger partial charge in [0.2, 0.25) is 5.13 Å². The van der Waals surface area contributed by atoms with E-state index in [2.05, 4.69) is 60.1 Å². The van der Waals surface area contributed by atoms with Crippen molar-refractivity contribution in [3.05, 3.63) is 41.6 Å². The molecule has 0 saturated heterocycles. The number of hydrogen-bond donors (Lipinski definition) is 0. The van der Waals surface area contributed by atoms with Crippen LogP contribution in [0.15, 0.2) is 46.6 Å². The fourth-order valence-electron chi connectivity index (χ4n) is 2.23. The molecule has 3 aromatic rings. The molecule has 0 aliphatic heterocycles. The number of alkyl halides is 1. The third kappa shape index (κ3) is 4.09. The first-order valence-electron chi connectivity index (χ1n) is 7.45. The van der Waals surface area contributed by atoms with Crippen LogP contribution in [0.1, 0.15) is 6.92 Å². The SMILES string of the molecule is CCN(CCBr)c1ccc(/N=N/c2nc3ccc(Cl)nc3s2)cc1. The average molecular weight is 425 g/mol. The fourth-order valence-corrected chi connectivity index (χ4v) is 3.61. The predicted octanol–water partition coefficient (Wildman–Crippen LogP) is 5.98. The summed E-state index contributed by atoms with van der Waals surface area (Å²) >= 11 is 10.7. The molecule has 0 atom stereocenters. The van der Waals surface area contributed by atoms with Gasteiger partial charge in [0.1, 0.15) is 15.5 Å². The van der Waals surface area contributed by atoms with Gasteiger partial charge >= 0.3 is 0 Å². The lowest BCUT2D eigenvalue weighted by atomic mass is 10.2. The zero-order valence-corrected chi connectivity index (χ0v) is 16.1. The smallest absolute Gasteiger partial charge is 0.232 e. The second kappa shape index (κ2) is 8.00. The number of azo groups is 1. The summed E-state index contributed by atoms with van der Waals surface area (Å²) in [5.74, 6) is 0. The fraction of sp³-hybridized carbons (Fsp3) is 0.250. The Kier molecular flexibility index (Phi) is 5.76. The van der Waals surface area contributed by atoms with E-state index in [1.165, 1.54) is 17.0 Å². The first kappa shape index (κ1) is 17.3. The maximum Gasteiger partial charge on any atom is 0.232 e. The zero-order valence-electron chi connectivity index (χ0n) is 13.0. The molecule has 0 fully saturated rings. The van der Waals surface area contributed by atoms with Crippen molar-refractivity contribution >= 4 is 65.7 Å². The lowest BCUT2D eigenvalue weighted by Crippen LogP contribution is -2.24. The summed E-state index contributed by atoms with van der Waals surface area (Å²) in [7, 11) is 0. The van der Waals surface area contributed by atoms with Crippen LogP contribution in [0.2, 0.25) is 5.15 Å². The normalized spacial score (nSPS) is 11.5. The average Bonchev–Trinajstić information content (AvgIpc) is 3.00. The molecular weight excluding hydrogens is 410 g/mol. The van der Waals surface area contributed by atoms with E-state index in [1.807, 2.05) is 18.2 Å². The Hall–Kier alpha value is -1.57. The number of hydrogen-bond acceptors (Lipinski definition) is 6. The Morgan fingerprint density at radius 1 is 1.12 bits per heavy atom. The molecular formula is C16H15BrClN5S. The van der Waals surface area contributed by atoms with Gasteiger partial charge in [0, 0.05) is 24.1 Å². The standard InChI is InChI=1S/C16H15BrClN5S/c1-2-23(10-9-17)12-5-3-11(4-6-12)21-22-16-19-13-7-8-14(18)20-15(13)24-16/h3-8H,2,9-10H2,1H3/b22-21+. The van der Waals surface area contributed by atoms with Gasteiger partial charge in [-0.15, -0.1) is 10.2 Å². The summed E-state index contributed by atoms with van der Waals surface area (Å²) in [6, 6.07) is 11.6. The Labute approximate surface area is 157 Å². The van der Waals surface area contributed by atoms with Crippen LogP contribution < -0.4 is 4.90 Å². The van der Waals surface area contributed by atoms with Crippen LogP contribution in [0.5, 0.6) is 0 Å². The van der Waals surface area contributed by atoms with Gasteiger partial charge in [-0.1, -0.05) is 38.9 Å². The summed E-state index contributed by atoms with van der Waals surface area (Å²) in [4.78, 5) is 11.6. The van der Waals surface area contributed by atoms with Crippen molar-refractivity contribution < 1.29 is 0 Å². The molecule has 5 nitrogen and oxygen atoms in total. The van der Waals surface area contributed by atoms with Crippen LogP contribution in [-0.4, -0.2) is 28.4 Å². The van der Waals surface area contributed by atoms with Gasteiger partial charge in [-0.05, 0) is 43.3 Å². The molecule has 3 rings (SSSR count). The van der Waals surface area contributed by atoms with E-state index in [1.54, 1.807) is 6.07 Å². The largest absolute Gasteiger partial charge is 0.371 e. The minimum Gasteiger partial charge on any atom is -0.371 e. The van der Waals surface area contributed by atoms with Crippen molar-refractivity contribution in [3.8, 4) is 0 Å². The number of pyridine rings is 1. The van der Waals surface area contributed by atoms with E-state index in [4.69, 9.17) is 11.6 Å². The lowest BCUT2D eigenvalue weighted by Gasteiger charge is -2.21. The van der Waals surface area contributed by atoms with E-state index in [-0.39, 0.29) is 0 Å². The highest BCUT2D eigenvalue weighted by Gasteiger charge is 2.05. The molecule has 124 valence electrons. The molecule has 0 unspecified atom stereocenters. The first-order chi connectivity index (χ1) is 11.7. The number of rotatable bonds is 6. The van der Waals surface area contributed by atoms with E-state index in [0.717, 1.165) is 34.5 Å². The first-order valence-corrected chi connectivity index (χ1v) is 9.77. The summed E-state index contributed by atoms with van der Waals surface area (Å²) < 4.78 is 0. The molecule has 1 aromatic carbocycles. The van der Waals surface area contributed by atoms with Crippen LogP contribution in [0.25, 0.3) is 10.3 Å². The van der Waals surface area contributed by atoms with Crippen molar-refractivity contribution in [2.45, 2.75) is 6.92 Å². The maximum absolute atomic E-state index is 5.88. The van der Waals surface area contributed by atoms with Gasteiger partial charge in [0.25, 0.3) is 0 Å². The van der Waals surface area contributed by atoms with Gasteiger partial charge in [-0.25, -0.2) is 9.97 Å². The second-order valence-electron chi connectivity index (χ2n) is 4.94. The van der Waals surface area contributed by atoms with Gasteiger partial charge < -0.3 is 4.90 Å². The van der Waals surface area contributed by atoms with Gasteiger partial charge in [0.15, 0.2) is 0 Å². The number of nitrogens with zero attached hydrogens (tertiary/aromatic N) is 5. The van der Waals surface area contributed by atoms with Crippen LogP contribution in [-0.2, 0) is 0 Å². The zero-order chi connectivity index (χ0) is 16.9. The molecule has 0 radical (unpaired) electrons. The number of thiazole rings is 1. The molecule has 0 aliphatic carbocycles. The third-order valence-corrected chi connectivity index (χ3v) is 4.83.